The molecule has 2 rings (SSSR count). The van der Waals surface area contributed by atoms with Gasteiger partial charge in [0.25, 0.3) is 0 Å². The van der Waals surface area contributed by atoms with Gasteiger partial charge in [-0.3, -0.25) is 4.90 Å². The van der Waals surface area contributed by atoms with E-state index in [1.165, 1.54) is 11.3 Å². The Morgan fingerprint density at radius 3 is 2.53 bits per heavy atom. The van der Waals surface area contributed by atoms with Gasteiger partial charge in [-0.25, -0.2) is 0 Å². The van der Waals surface area contributed by atoms with Crippen molar-refractivity contribution in [1.29, 1.82) is 0 Å². The first kappa shape index (κ1) is 12.4. The molecular weight excluding hydrogens is 210 g/mol. The molecule has 1 heterocycles. The second kappa shape index (κ2) is 6.03. The zero-order valence-electron chi connectivity index (χ0n) is 10.9. The summed E-state index contributed by atoms with van der Waals surface area (Å²) in [6.07, 6.45) is 0. The zero-order valence-corrected chi connectivity index (χ0v) is 10.9. The number of benzene rings is 1. The Kier molecular flexibility index (Phi) is 4.40. The van der Waals surface area contributed by atoms with Crippen LogP contribution in [0.2, 0.25) is 0 Å². The van der Waals surface area contributed by atoms with Gasteiger partial charge in [0, 0.05) is 44.5 Å². The lowest BCUT2D eigenvalue weighted by Crippen LogP contribution is -2.49. The maximum Gasteiger partial charge on any atom is 0.0340 e. The van der Waals surface area contributed by atoms with Crippen LogP contribution < -0.4 is 10.6 Å². The lowest BCUT2D eigenvalue weighted by molar-refractivity contribution is 0.191. The number of hydrogen-bond donors (Lipinski definition) is 2. The molecule has 0 bridgehead atoms. The van der Waals surface area contributed by atoms with Gasteiger partial charge in [-0.05, 0) is 26.0 Å². The minimum absolute atomic E-state index is 0.596. The van der Waals surface area contributed by atoms with Gasteiger partial charge < -0.3 is 10.6 Å². The predicted molar refractivity (Wildman–Crippen MR) is 73.6 cm³/mol. The van der Waals surface area contributed by atoms with Gasteiger partial charge in [-0.1, -0.05) is 17.7 Å². The summed E-state index contributed by atoms with van der Waals surface area (Å²) in [5.74, 6) is 0. The van der Waals surface area contributed by atoms with Crippen molar-refractivity contribution in [3.05, 3.63) is 29.8 Å². The average Bonchev–Trinajstić information content (AvgIpc) is 2.39. The summed E-state index contributed by atoms with van der Waals surface area (Å²) in [7, 11) is 0. The van der Waals surface area contributed by atoms with E-state index in [0.717, 1.165) is 32.7 Å². The molecule has 1 aromatic rings. The number of rotatable bonds is 4. The van der Waals surface area contributed by atoms with Crippen molar-refractivity contribution >= 4 is 5.69 Å². The highest BCUT2D eigenvalue weighted by atomic mass is 15.2. The van der Waals surface area contributed by atoms with Crippen LogP contribution in [0.1, 0.15) is 12.5 Å². The van der Waals surface area contributed by atoms with Crippen molar-refractivity contribution in [3.8, 4) is 0 Å². The third-order valence-electron chi connectivity index (χ3n) is 3.43. The molecule has 1 aliphatic rings. The second-order valence-electron chi connectivity index (χ2n) is 4.88. The molecule has 1 unspecified atom stereocenters. The van der Waals surface area contributed by atoms with Crippen LogP contribution in [0, 0.1) is 6.92 Å². The standard InChI is InChI=1S/C14H23N3/c1-12-3-5-14(6-4-12)16-11-13(2)17-9-7-15-8-10-17/h3-6,13,15-16H,7-11H2,1-2H3. The van der Waals surface area contributed by atoms with Crippen LogP contribution in [-0.4, -0.2) is 43.7 Å². The van der Waals surface area contributed by atoms with Crippen molar-refractivity contribution < 1.29 is 0 Å². The minimum Gasteiger partial charge on any atom is -0.383 e. The molecule has 1 fully saturated rings. The van der Waals surface area contributed by atoms with Crippen LogP contribution in [0.25, 0.3) is 0 Å². The van der Waals surface area contributed by atoms with Gasteiger partial charge >= 0.3 is 0 Å². The fourth-order valence-electron chi connectivity index (χ4n) is 2.19. The fraction of sp³-hybridized carbons (Fsp3) is 0.571. The van der Waals surface area contributed by atoms with E-state index in [2.05, 4.69) is 53.6 Å². The number of aryl methyl sites for hydroxylation is 1. The molecule has 2 N–H and O–H groups in total. The van der Waals surface area contributed by atoms with E-state index in [-0.39, 0.29) is 0 Å². The van der Waals surface area contributed by atoms with Crippen LogP contribution >= 0.6 is 0 Å². The first-order valence-corrected chi connectivity index (χ1v) is 6.51. The van der Waals surface area contributed by atoms with E-state index in [9.17, 15) is 0 Å². The Morgan fingerprint density at radius 2 is 1.88 bits per heavy atom. The third-order valence-corrected chi connectivity index (χ3v) is 3.43. The minimum atomic E-state index is 0.596. The summed E-state index contributed by atoms with van der Waals surface area (Å²) in [5.41, 5.74) is 2.53. The number of hydrogen-bond acceptors (Lipinski definition) is 3. The van der Waals surface area contributed by atoms with Gasteiger partial charge in [0.05, 0.1) is 0 Å². The molecule has 0 amide bonds. The lowest BCUT2D eigenvalue weighted by Gasteiger charge is -2.33. The second-order valence-corrected chi connectivity index (χ2v) is 4.88. The Bertz CT molecular complexity index is 328. The number of nitrogens with one attached hydrogen (secondary N) is 2. The highest BCUT2D eigenvalue weighted by molar-refractivity contribution is 5.44. The molecule has 1 saturated heterocycles. The molecule has 94 valence electrons. The lowest BCUT2D eigenvalue weighted by atomic mass is 10.2. The highest BCUT2D eigenvalue weighted by Gasteiger charge is 2.15. The van der Waals surface area contributed by atoms with Crippen LogP contribution in [0.3, 0.4) is 0 Å². The molecule has 1 atom stereocenters. The highest BCUT2D eigenvalue weighted by Crippen LogP contribution is 2.09. The normalized spacial score (nSPS) is 18.9. The van der Waals surface area contributed by atoms with Crippen molar-refractivity contribution in [2.75, 3.05) is 38.0 Å². The van der Waals surface area contributed by atoms with Crippen molar-refractivity contribution in [2.24, 2.45) is 0 Å². The molecule has 0 spiro atoms. The van der Waals surface area contributed by atoms with Gasteiger partial charge in [-0.2, -0.15) is 0 Å². The molecule has 0 saturated carbocycles. The Hall–Kier alpha value is -1.06. The van der Waals surface area contributed by atoms with Crippen LogP contribution in [0.15, 0.2) is 24.3 Å². The maximum atomic E-state index is 3.51. The molecule has 17 heavy (non-hydrogen) atoms. The summed E-state index contributed by atoms with van der Waals surface area (Å²) in [4.78, 5) is 2.54. The number of piperazine rings is 1. The third kappa shape index (κ3) is 3.72. The molecule has 0 aliphatic carbocycles. The predicted octanol–water partition coefficient (Wildman–Crippen LogP) is 1.70. The van der Waals surface area contributed by atoms with E-state index in [1.54, 1.807) is 0 Å². The van der Waals surface area contributed by atoms with Gasteiger partial charge in [0.1, 0.15) is 0 Å². The smallest absolute Gasteiger partial charge is 0.0340 e. The SMILES string of the molecule is Cc1ccc(NCC(C)N2CCNCC2)cc1. The van der Waals surface area contributed by atoms with Gasteiger partial charge in [0.15, 0.2) is 0 Å². The van der Waals surface area contributed by atoms with E-state index in [1.807, 2.05) is 0 Å². The molecule has 1 aliphatic heterocycles. The Morgan fingerprint density at radius 1 is 1.24 bits per heavy atom. The van der Waals surface area contributed by atoms with Gasteiger partial charge in [-0.15, -0.1) is 0 Å². The van der Waals surface area contributed by atoms with Gasteiger partial charge in [0.2, 0.25) is 0 Å². The van der Waals surface area contributed by atoms with E-state index < -0.39 is 0 Å². The summed E-state index contributed by atoms with van der Waals surface area (Å²) in [6, 6.07) is 9.20. The Balaban J connectivity index is 1.78. The first-order chi connectivity index (χ1) is 8.25. The van der Waals surface area contributed by atoms with E-state index in [4.69, 9.17) is 0 Å². The topological polar surface area (TPSA) is 27.3 Å². The molecule has 0 aromatic heterocycles. The van der Waals surface area contributed by atoms with Crippen LogP contribution in [0.4, 0.5) is 5.69 Å². The molecule has 1 aromatic carbocycles. The average molecular weight is 233 g/mol. The molecule has 3 heteroatoms. The first-order valence-electron chi connectivity index (χ1n) is 6.51. The van der Waals surface area contributed by atoms with Crippen molar-refractivity contribution in [3.63, 3.8) is 0 Å². The van der Waals surface area contributed by atoms with Crippen LogP contribution in [0.5, 0.6) is 0 Å². The zero-order chi connectivity index (χ0) is 12.1. The monoisotopic (exact) mass is 233 g/mol. The summed E-state index contributed by atoms with van der Waals surface area (Å²) in [5, 5.41) is 6.89. The van der Waals surface area contributed by atoms with E-state index >= 15 is 0 Å². The molecular formula is C14H23N3. The van der Waals surface area contributed by atoms with Crippen molar-refractivity contribution in [2.45, 2.75) is 19.9 Å². The summed E-state index contributed by atoms with van der Waals surface area (Å²) < 4.78 is 0. The largest absolute Gasteiger partial charge is 0.383 e. The quantitative estimate of drug-likeness (QED) is 0.829. The maximum absolute atomic E-state index is 3.51. The molecule has 0 radical (unpaired) electrons. The number of nitrogens with zero attached hydrogens (tertiary/aromatic N) is 1. The van der Waals surface area contributed by atoms with E-state index in [0.29, 0.717) is 6.04 Å². The van der Waals surface area contributed by atoms with Crippen LogP contribution in [-0.2, 0) is 0 Å². The number of anilines is 1. The van der Waals surface area contributed by atoms with Crippen molar-refractivity contribution in [1.82, 2.24) is 10.2 Å². The Labute approximate surface area is 104 Å². The fourth-order valence-corrected chi connectivity index (χ4v) is 2.19. The molecule has 3 nitrogen and oxygen atoms in total. The summed E-state index contributed by atoms with van der Waals surface area (Å²) >= 11 is 0. The summed E-state index contributed by atoms with van der Waals surface area (Å²) in [6.45, 7) is 10.00.